The SMILES string of the molecule is C[C@@H](N)C(=O)N1CCC2(C1)NC(=O)NC2=O. The summed E-state index contributed by atoms with van der Waals surface area (Å²) >= 11 is 0. The molecule has 2 aliphatic rings. The Bertz CT molecular complexity index is 368. The van der Waals surface area contributed by atoms with Crippen LogP contribution in [0.15, 0.2) is 0 Å². The molecule has 7 heteroatoms. The molecule has 0 aliphatic carbocycles. The summed E-state index contributed by atoms with van der Waals surface area (Å²) in [6, 6.07) is -1.09. The van der Waals surface area contributed by atoms with Crippen molar-refractivity contribution in [2.75, 3.05) is 13.1 Å². The van der Waals surface area contributed by atoms with Crippen molar-refractivity contribution in [1.29, 1.82) is 0 Å². The van der Waals surface area contributed by atoms with E-state index < -0.39 is 17.6 Å². The van der Waals surface area contributed by atoms with Gasteiger partial charge in [0.2, 0.25) is 5.91 Å². The van der Waals surface area contributed by atoms with Crippen molar-refractivity contribution in [3.8, 4) is 0 Å². The number of rotatable bonds is 1. The van der Waals surface area contributed by atoms with Crippen molar-refractivity contribution in [2.24, 2.45) is 5.73 Å². The van der Waals surface area contributed by atoms with E-state index >= 15 is 0 Å². The molecule has 88 valence electrons. The number of hydrogen-bond acceptors (Lipinski definition) is 4. The van der Waals surface area contributed by atoms with Crippen LogP contribution in [0.4, 0.5) is 4.79 Å². The third kappa shape index (κ3) is 1.53. The monoisotopic (exact) mass is 226 g/mol. The van der Waals surface area contributed by atoms with Crippen LogP contribution in [0.3, 0.4) is 0 Å². The molecule has 1 unspecified atom stereocenters. The van der Waals surface area contributed by atoms with Crippen LogP contribution in [0.2, 0.25) is 0 Å². The van der Waals surface area contributed by atoms with Gasteiger partial charge in [-0.05, 0) is 13.3 Å². The first-order chi connectivity index (χ1) is 7.44. The van der Waals surface area contributed by atoms with Crippen molar-refractivity contribution >= 4 is 17.8 Å². The number of imide groups is 1. The predicted octanol–water partition coefficient (Wildman–Crippen LogP) is -1.86. The van der Waals surface area contributed by atoms with E-state index in [4.69, 9.17) is 5.73 Å². The van der Waals surface area contributed by atoms with Gasteiger partial charge in [-0.15, -0.1) is 0 Å². The molecule has 2 saturated heterocycles. The number of likely N-dealkylation sites (tertiary alicyclic amines) is 1. The van der Waals surface area contributed by atoms with E-state index in [1.165, 1.54) is 4.90 Å². The first kappa shape index (κ1) is 10.9. The first-order valence-electron chi connectivity index (χ1n) is 5.12. The molecule has 2 rings (SSSR count). The molecule has 1 spiro atoms. The average molecular weight is 226 g/mol. The minimum atomic E-state index is -0.943. The number of nitrogens with zero attached hydrogens (tertiary/aromatic N) is 1. The number of urea groups is 1. The van der Waals surface area contributed by atoms with E-state index in [9.17, 15) is 14.4 Å². The van der Waals surface area contributed by atoms with E-state index in [1.54, 1.807) is 6.92 Å². The van der Waals surface area contributed by atoms with Crippen molar-refractivity contribution in [2.45, 2.75) is 24.9 Å². The molecule has 2 aliphatic heterocycles. The van der Waals surface area contributed by atoms with Crippen LogP contribution in [0.25, 0.3) is 0 Å². The van der Waals surface area contributed by atoms with Crippen LogP contribution in [0, 0.1) is 0 Å². The minimum absolute atomic E-state index is 0.199. The lowest BCUT2D eigenvalue weighted by Gasteiger charge is -2.22. The van der Waals surface area contributed by atoms with E-state index in [1.807, 2.05) is 0 Å². The highest BCUT2D eigenvalue weighted by Crippen LogP contribution is 2.24. The van der Waals surface area contributed by atoms with Gasteiger partial charge < -0.3 is 16.0 Å². The second-order valence-corrected chi connectivity index (χ2v) is 4.29. The highest BCUT2D eigenvalue weighted by atomic mass is 16.2. The van der Waals surface area contributed by atoms with E-state index in [0.29, 0.717) is 13.0 Å². The molecule has 0 aromatic heterocycles. The number of nitrogens with two attached hydrogens (primary N) is 1. The number of nitrogens with one attached hydrogen (secondary N) is 2. The zero-order valence-electron chi connectivity index (χ0n) is 8.95. The third-order valence-corrected chi connectivity index (χ3v) is 2.98. The van der Waals surface area contributed by atoms with Gasteiger partial charge in [-0.3, -0.25) is 14.9 Å². The fraction of sp³-hybridized carbons (Fsp3) is 0.667. The van der Waals surface area contributed by atoms with Gasteiger partial charge >= 0.3 is 6.03 Å². The molecular formula is C9H14N4O3. The molecule has 2 heterocycles. The van der Waals surface area contributed by atoms with Crippen molar-refractivity contribution in [1.82, 2.24) is 15.5 Å². The fourth-order valence-corrected chi connectivity index (χ4v) is 2.10. The standard InChI is InChI=1S/C9H14N4O3/c1-5(10)6(14)13-3-2-9(4-13)7(15)11-8(16)12-9/h5H,2-4,10H2,1H3,(H2,11,12,15,16)/t5-,9?/m1/s1. The summed E-state index contributed by atoms with van der Waals surface area (Å²) in [5.41, 5.74) is 4.54. The topological polar surface area (TPSA) is 105 Å². The summed E-state index contributed by atoms with van der Waals surface area (Å²) in [7, 11) is 0. The number of carbonyl (C=O) groups is 3. The van der Waals surface area contributed by atoms with Gasteiger partial charge in [0.15, 0.2) is 0 Å². The summed E-state index contributed by atoms with van der Waals surface area (Å²) in [5.74, 6) is -0.566. The fourth-order valence-electron chi connectivity index (χ4n) is 2.10. The highest BCUT2D eigenvalue weighted by Gasteiger charge is 2.51. The Morgan fingerprint density at radius 2 is 2.25 bits per heavy atom. The lowest BCUT2D eigenvalue weighted by molar-refractivity contribution is -0.131. The molecule has 0 bridgehead atoms. The lowest BCUT2D eigenvalue weighted by atomic mass is 9.99. The Kier molecular flexibility index (Phi) is 2.34. The van der Waals surface area contributed by atoms with Gasteiger partial charge in [-0.25, -0.2) is 4.79 Å². The van der Waals surface area contributed by atoms with E-state index in [2.05, 4.69) is 10.6 Å². The second kappa shape index (κ2) is 3.44. The van der Waals surface area contributed by atoms with E-state index in [-0.39, 0.29) is 18.4 Å². The zero-order valence-corrected chi connectivity index (χ0v) is 8.95. The average Bonchev–Trinajstić information content (AvgIpc) is 2.72. The Morgan fingerprint density at radius 1 is 1.56 bits per heavy atom. The Hall–Kier alpha value is -1.63. The molecule has 2 fully saturated rings. The van der Waals surface area contributed by atoms with Gasteiger partial charge in [-0.1, -0.05) is 0 Å². The molecule has 4 amide bonds. The molecule has 0 aromatic rings. The smallest absolute Gasteiger partial charge is 0.322 e. The molecule has 4 N–H and O–H groups in total. The largest absolute Gasteiger partial charge is 0.338 e. The third-order valence-electron chi connectivity index (χ3n) is 2.98. The summed E-state index contributed by atoms with van der Waals surface area (Å²) in [4.78, 5) is 35.8. The quantitative estimate of drug-likeness (QED) is 0.456. The van der Waals surface area contributed by atoms with Crippen LogP contribution in [-0.4, -0.2) is 47.4 Å². The number of carbonyl (C=O) groups excluding carboxylic acids is 3. The molecule has 7 nitrogen and oxygen atoms in total. The maximum atomic E-state index is 11.6. The maximum Gasteiger partial charge on any atom is 0.322 e. The van der Waals surface area contributed by atoms with Gasteiger partial charge in [0.1, 0.15) is 5.54 Å². The predicted molar refractivity (Wildman–Crippen MR) is 54.3 cm³/mol. The molecule has 0 radical (unpaired) electrons. The van der Waals surface area contributed by atoms with Crippen LogP contribution in [-0.2, 0) is 9.59 Å². The summed E-state index contributed by atoms with van der Waals surface area (Å²) in [5, 5.41) is 4.75. The Morgan fingerprint density at radius 3 is 2.75 bits per heavy atom. The maximum absolute atomic E-state index is 11.6. The van der Waals surface area contributed by atoms with Crippen LogP contribution >= 0.6 is 0 Å². The lowest BCUT2D eigenvalue weighted by Crippen LogP contribution is -2.51. The van der Waals surface area contributed by atoms with Gasteiger partial charge in [-0.2, -0.15) is 0 Å². The van der Waals surface area contributed by atoms with Crippen LogP contribution < -0.4 is 16.4 Å². The van der Waals surface area contributed by atoms with Crippen molar-refractivity contribution in [3.05, 3.63) is 0 Å². The summed E-state index contributed by atoms with van der Waals surface area (Å²) in [6.07, 6.45) is 0.434. The van der Waals surface area contributed by atoms with Crippen molar-refractivity contribution < 1.29 is 14.4 Å². The van der Waals surface area contributed by atoms with E-state index in [0.717, 1.165) is 0 Å². The van der Waals surface area contributed by atoms with Gasteiger partial charge in [0.05, 0.1) is 12.6 Å². The molecule has 16 heavy (non-hydrogen) atoms. The minimum Gasteiger partial charge on any atom is -0.338 e. The van der Waals surface area contributed by atoms with Gasteiger partial charge in [0.25, 0.3) is 5.91 Å². The van der Waals surface area contributed by atoms with Gasteiger partial charge in [0, 0.05) is 6.54 Å². The van der Waals surface area contributed by atoms with Crippen LogP contribution in [0.1, 0.15) is 13.3 Å². The summed E-state index contributed by atoms with van der Waals surface area (Å²) < 4.78 is 0. The zero-order chi connectivity index (χ0) is 11.9. The normalized spacial score (nSPS) is 30.5. The molecular weight excluding hydrogens is 212 g/mol. The van der Waals surface area contributed by atoms with Crippen LogP contribution in [0.5, 0.6) is 0 Å². The highest BCUT2D eigenvalue weighted by molar-refractivity contribution is 6.07. The molecule has 0 saturated carbocycles. The summed E-state index contributed by atoms with van der Waals surface area (Å²) in [6.45, 7) is 2.24. The second-order valence-electron chi connectivity index (χ2n) is 4.29. The first-order valence-corrected chi connectivity index (χ1v) is 5.12. The Balaban J connectivity index is 2.11. The van der Waals surface area contributed by atoms with Crippen molar-refractivity contribution in [3.63, 3.8) is 0 Å². The molecule has 0 aromatic carbocycles. The number of amides is 4. The molecule has 2 atom stereocenters. The Labute approximate surface area is 92.3 Å². The number of hydrogen-bond donors (Lipinski definition) is 3.